The Hall–Kier alpha value is -2.09. The molecule has 3 heterocycles. The molecule has 0 bridgehead atoms. The summed E-state index contributed by atoms with van der Waals surface area (Å²) < 4.78 is 13.0. The molecule has 132 valence electrons. The Bertz CT molecular complexity index is 759. The third-order valence-corrected chi connectivity index (χ3v) is 4.87. The van der Waals surface area contributed by atoms with E-state index in [2.05, 4.69) is 10.4 Å². The first kappa shape index (κ1) is 16.4. The van der Waals surface area contributed by atoms with Crippen molar-refractivity contribution < 1.29 is 14.3 Å². The topological polar surface area (TPSA) is 68.6 Å². The predicted molar refractivity (Wildman–Crippen MR) is 93.3 cm³/mol. The maximum absolute atomic E-state index is 12.8. The average Bonchev–Trinajstić information content (AvgIpc) is 3.28. The Morgan fingerprint density at radius 2 is 2.24 bits per heavy atom. The molecule has 2 amide bonds. The van der Waals surface area contributed by atoms with Gasteiger partial charge in [0.2, 0.25) is 0 Å². The number of carbonyl (C=O) groups excluding carboxylic acids is 1. The largest absolute Gasteiger partial charge is 0.378 e. The van der Waals surface area contributed by atoms with Crippen molar-refractivity contribution in [2.75, 3.05) is 38.2 Å². The van der Waals surface area contributed by atoms with E-state index >= 15 is 0 Å². The number of aromatic nitrogens is 2. The minimum Gasteiger partial charge on any atom is -0.378 e. The van der Waals surface area contributed by atoms with Crippen LogP contribution in [0.3, 0.4) is 0 Å². The zero-order valence-corrected chi connectivity index (χ0v) is 14.4. The lowest BCUT2D eigenvalue weighted by Gasteiger charge is -2.39. The van der Waals surface area contributed by atoms with Gasteiger partial charge in [0, 0.05) is 32.0 Å². The number of hydrogen-bond acceptors (Lipinski definition) is 4. The summed E-state index contributed by atoms with van der Waals surface area (Å²) in [5.74, 6) is 0. The average molecular weight is 363 g/mol. The lowest BCUT2D eigenvalue weighted by molar-refractivity contribution is -0.0964. The minimum absolute atomic E-state index is 0.176. The molecule has 1 N–H and O–H groups in total. The Balaban J connectivity index is 1.54. The van der Waals surface area contributed by atoms with Gasteiger partial charge in [0.25, 0.3) is 0 Å². The van der Waals surface area contributed by atoms with Crippen molar-refractivity contribution in [1.29, 1.82) is 0 Å². The molecule has 1 atom stereocenters. The molecule has 1 aromatic heterocycles. The molecule has 0 aliphatic carbocycles. The van der Waals surface area contributed by atoms with E-state index in [1.165, 1.54) is 0 Å². The Morgan fingerprint density at radius 1 is 1.32 bits per heavy atom. The third-order valence-electron chi connectivity index (χ3n) is 4.56. The van der Waals surface area contributed by atoms with Gasteiger partial charge in [-0.25, -0.2) is 9.48 Å². The van der Waals surface area contributed by atoms with Gasteiger partial charge in [0.05, 0.1) is 30.5 Å². The summed E-state index contributed by atoms with van der Waals surface area (Å²) in [6.45, 7) is 2.79. The summed E-state index contributed by atoms with van der Waals surface area (Å²) in [7, 11) is 0. The number of morpholine rings is 1. The van der Waals surface area contributed by atoms with E-state index in [0.29, 0.717) is 49.3 Å². The van der Waals surface area contributed by atoms with E-state index in [0.717, 1.165) is 6.42 Å². The molecule has 7 nitrogen and oxygen atoms in total. The van der Waals surface area contributed by atoms with Crippen LogP contribution in [0.15, 0.2) is 36.7 Å². The summed E-state index contributed by atoms with van der Waals surface area (Å²) in [6, 6.07) is 7.02. The SMILES string of the molecule is O=C(Nc1cccc(Cl)c1-n1cccn1)N1CCOC2(CCOC2)C1. The van der Waals surface area contributed by atoms with Crippen LogP contribution in [-0.2, 0) is 9.47 Å². The monoisotopic (exact) mass is 362 g/mol. The molecule has 2 aromatic rings. The number of nitrogens with zero attached hydrogens (tertiary/aromatic N) is 3. The van der Waals surface area contributed by atoms with Crippen LogP contribution in [-0.4, -0.2) is 59.2 Å². The van der Waals surface area contributed by atoms with Crippen molar-refractivity contribution in [2.45, 2.75) is 12.0 Å². The van der Waals surface area contributed by atoms with E-state index < -0.39 is 0 Å². The van der Waals surface area contributed by atoms with Crippen molar-refractivity contribution in [3.05, 3.63) is 41.7 Å². The number of para-hydroxylation sites is 1. The summed E-state index contributed by atoms with van der Waals surface area (Å²) in [5, 5.41) is 7.70. The maximum atomic E-state index is 12.8. The quantitative estimate of drug-likeness (QED) is 0.891. The highest BCUT2D eigenvalue weighted by Gasteiger charge is 2.41. The molecule has 25 heavy (non-hydrogen) atoms. The Morgan fingerprint density at radius 3 is 3.00 bits per heavy atom. The zero-order chi connectivity index (χ0) is 17.3. The second kappa shape index (κ2) is 6.67. The van der Waals surface area contributed by atoms with Crippen LogP contribution in [0.1, 0.15) is 6.42 Å². The van der Waals surface area contributed by atoms with E-state index in [1.54, 1.807) is 40.2 Å². The Labute approximate surface area is 150 Å². The van der Waals surface area contributed by atoms with E-state index in [1.807, 2.05) is 6.07 Å². The molecule has 0 saturated carbocycles. The summed E-state index contributed by atoms with van der Waals surface area (Å²) in [4.78, 5) is 14.6. The van der Waals surface area contributed by atoms with Gasteiger partial charge in [-0.2, -0.15) is 5.10 Å². The van der Waals surface area contributed by atoms with Crippen molar-refractivity contribution in [3.63, 3.8) is 0 Å². The first-order valence-electron chi connectivity index (χ1n) is 8.23. The van der Waals surface area contributed by atoms with Gasteiger partial charge in [-0.15, -0.1) is 0 Å². The van der Waals surface area contributed by atoms with Crippen LogP contribution < -0.4 is 5.32 Å². The molecular formula is C17H19ClN4O3. The minimum atomic E-state index is -0.366. The van der Waals surface area contributed by atoms with Gasteiger partial charge in [-0.05, 0) is 18.2 Å². The number of ether oxygens (including phenoxy) is 2. The van der Waals surface area contributed by atoms with Crippen LogP contribution in [0.2, 0.25) is 5.02 Å². The maximum Gasteiger partial charge on any atom is 0.322 e. The molecule has 2 aliphatic rings. The van der Waals surface area contributed by atoms with E-state index in [-0.39, 0.29) is 11.6 Å². The van der Waals surface area contributed by atoms with Crippen molar-refractivity contribution in [1.82, 2.24) is 14.7 Å². The zero-order valence-electron chi connectivity index (χ0n) is 13.7. The highest BCUT2D eigenvalue weighted by Crippen LogP contribution is 2.30. The molecule has 0 radical (unpaired) electrons. The molecule has 2 aliphatic heterocycles. The fourth-order valence-corrected chi connectivity index (χ4v) is 3.55. The van der Waals surface area contributed by atoms with Crippen molar-refractivity contribution in [2.24, 2.45) is 0 Å². The van der Waals surface area contributed by atoms with Crippen LogP contribution in [0, 0.1) is 0 Å². The number of carbonyl (C=O) groups is 1. The second-order valence-electron chi connectivity index (χ2n) is 6.27. The second-order valence-corrected chi connectivity index (χ2v) is 6.68. The number of nitrogens with one attached hydrogen (secondary N) is 1. The predicted octanol–water partition coefficient (Wildman–Crippen LogP) is 2.55. The number of urea groups is 1. The smallest absolute Gasteiger partial charge is 0.322 e. The molecule has 1 aromatic carbocycles. The molecule has 1 spiro atoms. The number of anilines is 1. The Kier molecular flexibility index (Phi) is 4.37. The fourth-order valence-electron chi connectivity index (χ4n) is 3.29. The number of benzene rings is 1. The summed E-state index contributed by atoms with van der Waals surface area (Å²) >= 11 is 6.33. The molecule has 2 fully saturated rings. The van der Waals surface area contributed by atoms with Gasteiger partial charge < -0.3 is 19.7 Å². The highest BCUT2D eigenvalue weighted by atomic mass is 35.5. The van der Waals surface area contributed by atoms with Crippen LogP contribution >= 0.6 is 11.6 Å². The standard InChI is InChI=1S/C17H19ClN4O3/c18-13-3-1-4-14(15(13)22-7-2-6-19-22)20-16(23)21-8-10-25-17(11-21)5-9-24-12-17/h1-4,6-7H,5,8-12H2,(H,20,23). The number of amides is 2. The van der Waals surface area contributed by atoms with Crippen molar-refractivity contribution in [3.8, 4) is 5.69 Å². The summed E-state index contributed by atoms with van der Waals surface area (Å²) in [5.41, 5.74) is 0.897. The third kappa shape index (κ3) is 3.22. The lowest BCUT2D eigenvalue weighted by atomic mass is 10.0. The molecule has 1 unspecified atom stereocenters. The first-order chi connectivity index (χ1) is 12.2. The fraction of sp³-hybridized carbons (Fsp3) is 0.412. The lowest BCUT2D eigenvalue weighted by Crippen LogP contribution is -2.55. The van der Waals surface area contributed by atoms with Gasteiger partial charge in [-0.1, -0.05) is 17.7 Å². The van der Waals surface area contributed by atoms with E-state index in [9.17, 15) is 4.79 Å². The first-order valence-corrected chi connectivity index (χ1v) is 8.61. The van der Waals surface area contributed by atoms with Crippen LogP contribution in [0.25, 0.3) is 5.69 Å². The highest BCUT2D eigenvalue weighted by molar-refractivity contribution is 6.33. The van der Waals surface area contributed by atoms with Gasteiger partial charge in [-0.3, -0.25) is 0 Å². The van der Waals surface area contributed by atoms with E-state index in [4.69, 9.17) is 21.1 Å². The molecule has 2 saturated heterocycles. The van der Waals surface area contributed by atoms with Gasteiger partial charge in [0.15, 0.2) is 0 Å². The molecule has 8 heteroatoms. The molecular weight excluding hydrogens is 344 g/mol. The number of halogens is 1. The normalized spacial score (nSPS) is 23.2. The van der Waals surface area contributed by atoms with Crippen LogP contribution in [0.5, 0.6) is 0 Å². The summed E-state index contributed by atoms with van der Waals surface area (Å²) in [6.07, 6.45) is 4.27. The number of rotatable bonds is 2. The van der Waals surface area contributed by atoms with Crippen LogP contribution in [0.4, 0.5) is 10.5 Å². The molecule has 4 rings (SSSR count). The van der Waals surface area contributed by atoms with Gasteiger partial charge >= 0.3 is 6.03 Å². The number of hydrogen-bond donors (Lipinski definition) is 1. The van der Waals surface area contributed by atoms with Crippen molar-refractivity contribution >= 4 is 23.3 Å². The van der Waals surface area contributed by atoms with Gasteiger partial charge in [0.1, 0.15) is 11.3 Å².